The minimum Gasteiger partial charge on any atom is -0.496 e. The van der Waals surface area contributed by atoms with Crippen molar-refractivity contribution < 1.29 is 9.53 Å². The molecule has 1 heterocycles. The summed E-state index contributed by atoms with van der Waals surface area (Å²) < 4.78 is 5.36. The van der Waals surface area contributed by atoms with Crippen LogP contribution < -0.4 is 15.0 Å². The van der Waals surface area contributed by atoms with Crippen LogP contribution in [-0.4, -0.2) is 57.2 Å². The van der Waals surface area contributed by atoms with Gasteiger partial charge in [0.25, 0.3) is 0 Å². The lowest BCUT2D eigenvalue weighted by Gasteiger charge is -2.36. The predicted octanol–water partition coefficient (Wildman–Crippen LogP) is 2.83. The fourth-order valence-electron chi connectivity index (χ4n) is 3.33. The number of hydrogen-bond acceptors (Lipinski definition) is 4. The van der Waals surface area contributed by atoms with Gasteiger partial charge in [-0.3, -0.25) is 4.79 Å². The quantitative estimate of drug-likeness (QED) is 0.742. The third-order valence-corrected chi connectivity index (χ3v) is 5.08. The molecule has 1 aliphatic rings. The standard InChI is InChI=1S/C21H26ClN3O2/c1-27-20-8-3-2-5-17(20)9-10-23-16-21(26)25-13-11-24(12-14-25)19-7-4-6-18(22)15-19/h2-8,15,23H,9-14,16H2,1H3. The summed E-state index contributed by atoms with van der Waals surface area (Å²) in [6.07, 6.45) is 0.833. The van der Waals surface area contributed by atoms with Crippen LogP contribution in [0.2, 0.25) is 5.02 Å². The van der Waals surface area contributed by atoms with Crippen LogP contribution in [-0.2, 0) is 11.2 Å². The number of halogens is 1. The molecule has 2 aromatic rings. The van der Waals surface area contributed by atoms with E-state index in [9.17, 15) is 4.79 Å². The summed E-state index contributed by atoms with van der Waals surface area (Å²) in [5.74, 6) is 1.04. The van der Waals surface area contributed by atoms with Crippen LogP contribution >= 0.6 is 11.6 Å². The van der Waals surface area contributed by atoms with Gasteiger partial charge in [0.2, 0.25) is 5.91 Å². The number of anilines is 1. The van der Waals surface area contributed by atoms with Crippen molar-refractivity contribution in [2.45, 2.75) is 6.42 Å². The second kappa shape index (κ2) is 9.62. The van der Waals surface area contributed by atoms with Crippen LogP contribution in [0.4, 0.5) is 5.69 Å². The molecular weight excluding hydrogens is 362 g/mol. The molecule has 0 saturated carbocycles. The van der Waals surface area contributed by atoms with Crippen LogP contribution in [0.25, 0.3) is 0 Å². The highest BCUT2D eigenvalue weighted by atomic mass is 35.5. The lowest BCUT2D eigenvalue weighted by molar-refractivity contribution is -0.130. The van der Waals surface area contributed by atoms with Crippen LogP contribution in [0.5, 0.6) is 5.75 Å². The maximum Gasteiger partial charge on any atom is 0.236 e. The number of hydrogen-bond donors (Lipinski definition) is 1. The van der Waals surface area contributed by atoms with Crippen molar-refractivity contribution in [2.75, 3.05) is 51.3 Å². The summed E-state index contributed by atoms with van der Waals surface area (Å²) in [5, 5.41) is 4.00. The van der Waals surface area contributed by atoms with Gasteiger partial charge in [0.05, 0.1) is 13.7 Å². The zero-order valence-electron chi connectivity index (χ0n) is 15.7. The van der Waals surface area contributed by atoms with Crippen molar-refractivity contribution in [1.82, 2.24) is 10.2 Å². The molecule has 0 aliphatic carbocycles. The van der Waals surface area contributed by atoms with Crippen molar-refractivity contribution in [3.8, 4) is 5.75 Å². The number of nitrogens with zero attached hydrogens (tertiary/aromatic N) is 2. The average molecular weight is 388 g/mol. The molecule has 1 fully saturated rings. The molecule has 1 N–H and O–H groups in total. The highest BCUT2D eigenvalue weighted by Gasteiger charge is 2.21. The van der Waals surface area contributed by atoms with Crippen molar-refractivity contribution in [3.05, 3.63) is 59.1 Å². The fourth-order valence-corrected chi connectivity index (χ4v) is 3.51. The molecule has 3 rings (SSSR count). The van der Waals surface area contributed by atoms with E-state index >= 15 is 0 Å². The van der Waals surface area contributed by atoms with E-state index < -0.39 is 0 Å². The first-order chi connectivity index (χ1) is 13.2. The van der Waals surface area contributed by atoms with E-state index in [1.54, 1.807) is 7.11 Å². The third kappa shape index (κ3) is 5.37. The number of nitrogens with one attached hydrogen (secondary N) is 1. The predicted molar refractivity (Wildman–Crippen MR) is 110 cm³/mol. The van der Waals surface area contributed by atoms with E-state index in [0.29, 0.717) is 6.54 Å². The Morgan fingerprint density at radius 3 is 2.63 bits per heavy atom. The van der Waals surface area contributed by atoms with Crippen LogP contribution in [0.1, 0.15) is 5.56 Å². The van der Waals surface area contributed by atoms with E-state index in [1.807, 2.05) is 41.3 Å². The smallest absolute Gasteiger partial charge is 0.236 e. The first kappa shape index (κ1) is 19.5. The molecule has 0 unspecified atom stereocenters. The molecule has 0 atom stereocenters. The Kier molecular flexibility index (Phi) is 6.96. The Morgan fingerprint density at radius 1 is 1.11 bits per heavy atom. The normalized spacial score (nSPS) is 14.3. The first-order valence-corrected chi connectivity index (χ1v) is 9.66. The van der Waals surface area contributed by atoms with Gasteiger partial charge in [0.15, 0.2) is 0 Å². The second-order valence-corrected chi connectivity index (χ2v) is 7.02. The van der Waals surface area contributed by atoms with Crippen molar-refractivity contribution in [2.24, 2.45) is 0 Å². The Bertz CT molecular complexity index is 761. The van der Waals surface area contributed by atoms with Gasteiger partial charge in [0, 0.05) is 36.9 Å². The van der Waals surface area contributed by atoms with E-state index in [4.69, 9.17) is 16.3 Å². The molecule has 144 valence electrons. The number of methoxy groups -OCH3 is 1. The number of piperazine rings is 1. The van der Waals surface area contributed by atoms with Gasteiger partial charge in [-0.1, -0.05) is 35.9 Å². The molecule has 1 amide bonds. The molecule has 0 aromatic heterocycles. The average Bonchev–Trinajstić information content (AvgIpc) is 2.71. The Balaban J connectivity index is 1.39. The zero-order valence-corrected chi connectivity index (χ0v) is 16.4. The number of carbonyl (C=O) groups excluding carboxylic acids is 1. The van der Waals surface area contributed by atoms with Gasteiger partial charge in [-0.2, -0.15) is 0 Å². The summed E-state index contributed by atoms with van der Waals surface area (Å²) in [7, 11) is 1.68. The fraction of sp³-hybridized carbons (Fsp3) is 0.381. The number of rotatable bonds is 7. The molecule has 27 heavy (non-hydrogen) atoms. The topological polar surface area (TPSA) is 44.8 Å². The minimum absolute atomic E-state index is 0.153. The molecule has 5 nitrogen and oxygen atoms in total. The minimum atomic E-state index is 0.153. The molecular formula is C21H26ClN3O2. The molecule has 2 aromatic carbocycles. The summed E-state index contributed by atoms with van der Waals surface area (Å²) in [5.41, 5.74) is 2.26. The lowest BCUT2D eigenvalue weighted by Crippen LogP contribution is -2.51. The number of para-hydroxylation sites is 1. The van der Waals surface area contributed by atoms with Crippen molar-refractivity contribution in [1.29, 1.82) is 0 Å². The van der Waals surface area contributed by atoms with E-state index in [0.717, 1.165) is 61.2 Å². The Hall–Kier alpha value is -2.24. The first-order valence-electron chi connectivity index (χ1n) is 9.28. The summed E-state index contributed by atoms with van der Waals surface area (Å²) in [6.45, 7) is 4.24. The third-order valence-electron chi connectivity index (χ3n) is 4.85. The molecule has 6 heteroatoms. The van der Waals surface area contributed by atoms with Gasteiger partial charge in [-0.05, 0) is 42.8 Å². The molecule has 0 bridgehead atoms. The highest BCUT2D eigenvalue weighted by Crippen LogP contribution is 2.21. The lowest BCUT2D eigenvalue weighted by atomic mass is 10.1. The number of carbonyl (C=O) groups is 1. The van der Waals surface area contributed by atoms with Gasteiger partial charge >= 0.3 is 0 Å². The molecule has 1 saturated heterocycles. The number of amides is 1. The summed E-state index contributed by atoms with van der Waals surface area (Å²) >= 11 is 6.07. The monoisotopic (exact) mass is 387 g/mol. The Labute approximate surface area is 165 Å². The van der Waals surface area contributed by atoms with E-state index in [1.165, 1.54) is 0 Å². The van der Waals surface area contributed by atoms with E-state index in [2.05, 4.69) is 22.3 Å². The van der Waals surface area contributed by atoms with Gasteiger partial charge in [0.1, 0.15) is 5.75 Å². The van der Waals surface area contributed by atoms with Crippen LogP contribution in [0.3, 0.4) is 0 Å². The van der Waals surface area contributed by atoms with Crippen LogP contribution in [0, 0.1) is 0 Å². The van der Waals surface area contributed by atoms with Crippen LogP contribution in [0.15, 0.2) is 48.5 Å². The summed E-state index contributed by atoms with van der Waals surface area (Å²) in [4.78, 5) is 16.6. The largest absolute Gasteiger partial charge is 0.496 e. The van der Waals surface area contributed by atoms with Gasteiger partial charge < -0.3 is 19.9 Å². The second-order valence-electron chi connectivity index (χ2n) is 6.59. The van der Waals surface area contributed by atoms with Gasteiger partial charge in [-0.15, -0.1) is 0 Å². The maximum atomic E-state index is 12.4. The number of benzene rings is 2. The highest BCUT2D eigenvalue weighted by molar-refractivity contribution is 6.30. The van der Waals surface area contributed by atoms with E-state index in [-0.39, 0.29) is 5.91 Å². The SMILES string of the molecule is COc1ccccc1CCNCC(=O)N1CCN(c2cccc(Cl)c2)CC1. The molecule has 0 spiro atoms. The van der Waals surface area contributed by atoms with Gasteiger partial charge in [-0.25, -0.2) is 0 Å². The van der Waals surface area contributed by atoms with Crippen molar-refractivity contribution >= 4 is 23.2 Å². The zero-order chi connectivity index (χ0) is 19.1. The van der Waals surface area contributed by atoms with Crippen molar-refractivity contribution in [3.63, 3.8) is 0 Å². The molecule has 0 radical (unpaired) electrons. The maximum absolute atomic E-state index is 12.4. The Morgan fingerprint density at radius 2 is 1.89 bits per heavy atom. The molecule has 1 aliphatic heterocycles. The number of ether oxygens (including phenoxy) is 1. The summed E-state index contributed by atoms with van der Waals surface area (Å²) in [6, 6.07) is 15.8.